The predicted octanol–water partition coefficient (Wildman–Crippen LogP) is 0.431. The smallest absolute Gasteiger partial charge is 0.235 e. The molecule has 0 aromatic rings. The lowest BCUT2D eigenvalue weighted by atomic mass is 9.96. The number of nitrogens with zero attached hydrogens (tertiary/aromatic N) is 3. The summed E-state index contributed by atoms with van der Waals surface area (Å²) in [5.41, 5.74) is -0.701. The molecule has 2 aliphatic rings. The maximum Gasteiger partial charge on any atom is 0.235 e. The molecule has 0 aromatic heterocycles. The second-order valence-corrected chi connectivity index (χ2v) is 7.34. The molecule has 1 saturated heterocycles. The lowest BCUT2D eigenvalue weighted by molar-refractivity contribution is -0.123. The first kappa shape index (κ1) is 18.2. The maximum absolute atomic E-state index is 12.2. The molecule has 1 heterocycles. The maximum atomic E-state index is 12.2. The van der Waals surface area contributed by atoms with E-state index in [2.05, 4.69) is 21.2 Å². The van der Waals surface area contributed by atoms with Crippen LogP contribution in [0.15, 0.2) is 0 Å². The first-order valence-electron chi connectivity index (χ1n) is 8.71. The summed E-state index contributed by atoms with van der Waals surface area (Å²) < 4.78 is 0. The van der Waals surface area contributed by atoms with Crippen LogP contribution in [0.3, 0.4) is 0 Å². The van der Waals surface area contributed by atoms with E-state index in [9.17, 15) is 10.1 Å². The van der Waals surface area contributed by atoms with E-state index < -0.39 is 5.54 Å². The van der Waals surface area contributed by atoms with E-state index >= 15 is 0 Å². The van der Waals surface area contributed by atoms with Crippen molar-refractivity contribution in [3.63, 3.8) is 0 Å². The van der Waals surface area contributed by atoms with Gasteiger partial charge in [-0.2, -0.15) is 5.26 Å². The number of aliphatic hydroxyl groups is 1. The largest absolute Gasteiger partial charge is 0.395 e. The van der Waals surface area contributed by atoms with Gasteiger partial charge in [0.1, 0.15) is 5.54 Å². The van der Waals surface area contributed by atoms with Crippen molar-refractivity contribution in [3.8, 4) is 6.07 Å². The van der Waals surface area contributed by atoms with E-state index in [1.165, 1.54) is 0 Å². The van der Waals surface area contributed by atoms with E-state index in [4.69, 9.17) is 5.11 Å². The molecule has 1 atom stereocenters. The molecule has 130 valence electrons. The molecular weight excluding hydrogens is 292 g/mol. The first-order chi connectivity index (χ1) is 11.0. The SMILES string of the molecule is CN(CC(=O)N[C@@](C)(C#N)C1CC1)CC1CCN(CCO)CC1. The second-order valence-electron chi connectivity index (χ2n) is 7.34. The highest BCUT2D eigenvalue weighted by Crippen LogP contribution is 2.39. The second kappa shape index (κ2) is 8.09. The Morgan fingerprint density at radius 3 is 2.57 bits per heavy atom. The Morgan fingerprint density at radius 2 is 2.04 bits per heavy atom. The molecule has 6 heteroatoms. The van der Waals surface area contributed by atoms with Crippen LogP contribution in [0.1, 0.15) is 32.6 Å². The fourth-order valence-electron chi connectivity index (χ4n) is 3.50. The highest BCUT2D eigenvalue weighted by Gasteiger charge is 2.43. The standard InChI is InChI=1S/C17H30N4O2/c1-17(13-18,15-3-4-15)19-16(23)12-20(2)11-14-5-7-21(8-6-14)9-10-22/h14-15,22H,3-12H2,1-2H3,(H,19,23)/t17-/m0/s1. The number of rotatable bonds is 8. The molecule has 0 spiro atoms. The highest BCUT2D eigenvalue weighted by atomic mass is 16.3. The highest BCUT2D eigenvalue weighted by molar-refractivity contribution is 5.79. The number of likely N-dealkylation sites (N-methyl/N-ethyl adjacent to an activating group) is 1. The Balaban J connectivity index is 1.69. The number of likely N-dealkylation sites (tertiary alicyclic amines) is 1. The molecule has 2 fully saturated rings. The molecule has 1 aliphatic heterocycles. The van der Waals surface area contributed by atoms with Crippen LogP contribution in [0.25, 0.3) is 0 Å². The molecule has 0 aromatic carbocycles. The zero-order chi connectivity index (χ0) is 16.9. The lowest BCUT2D eigenvalue weighted by Crippen LogP contribution is -2.50. The third kappa shape index (κ3) is 5.45. The first-order valence-corrected chi connectivity index (χ1v) is 8.71. The number of hydrogen-bond donors (Lipinski definition) is 2. The zero-order valence-corrected chi connectivity index (χ0v) is 14.4. The third-order valence-electron chi connectivity index (χ3n) is 5.13. The quantitative estimate of drug-likeness (QED) is 0.677. The minimum Gasteiger partial charge on any atom is -0.395 e. The van der Waals surface area contributed by atoms with Gasteiger partial charge in [-0.15, -0.1) is 0 Å². The van der Waals surface area contributed by atoms with Crippen LogP contribution in [0.4, 0.5) is 0 Å². The molecule has 0 radical (unpaired) electrons. The van der Waals surface area contributed by atoms with Crippen molar-refractivity contribution >= 4 is 5.91 Å². The minimum atomic E-state index is -0.701. The van der Waals surface area contributed by atoms with Crippen molar-refractivity contribution < 1.29 is 9.90 Å². The Bertz CT molecular complexity index is 438. The monoisotopic (exact) mass is 322 g/mol. The summed E-state index contributed by atoms with van der Waals surface area (Å²) in [6.07, 6.45) is 4.30. The van der Waals surface area contributed by atoms with Gasteiger partial charge in [-0.3, -0.25) is 9.69 Å². The van der Waals surface area contributed by atoms with Crippen molar-refractivity contribution in [2.45, 2.75) is 38.1 Å². The van der Waals surface area contributed by atoms with Gasteiger partial charge in [0.15, 0.2) is 0 Å². The number of nitrogens with one attached hydrogen (secondary N) is 1. The summed E-state index contributed by atoms with van der Waals surface area (Å²) in [6, 6.07) is 2.27. The van der Waals surface area contributed by atoms with Gasteiger partial charge in [0.2, 0.25) is 5.91 Å². The molecule has 23 heavy (non-hydrogen) atoms. The Hall–Kier alpha value is -1.16. The van der Waals surface area contributed by atoms with Gasteiger partial charge in [0.25, 0.3) is 0 Å². The van der Waals surface area contributed by atoms with Crippen molar-refractivity contribution in [2.75, 3.05) is 46.4 Å². The number of carbonyl (C=O) groups is 1. The van der Waals surface area contributed by atoms with Crippen molar-refractivity contribution in [3.05, 3.63) is 0 Å². The van der Waals surface area contributed by atoms with Crippen LogP contribution in [0.2, 0.25) is 0 Å². The van der Waals surface area contributed by atoms with E-state index in [1.807, 2.05) is 14.0 Å². The molecule has 2 rings (SSSR count). The van der Waals surface area contributed by atoms with E-state index in [0.29, 0.717) is 18.4 Å². The normalized spacial score (nSPS) is 22.6. The Labute approximate surface area is 139 Å². The van der Waals surface area contributed by atoms with Crippen LogP contribution in [0.5, 0.6) is 0 Å². The van der Waals surface area contributed by atoms with Crippen LogP contribution in [-0.4, -0.2) is 72.7 Å². The number of nitriles is 1. The van der Waals surface area contributed by atoms with E-state index in [1.54, 1.807) is 0 Å². The van der Waals surface area contributed by atoms with Crippen LogP contribution < -0.4 is 5.32 Å². The minimum absolute atomic E-state index is 0.0545. The number of aliphatic hydroxyl groups excluding tert-OH is 1. The molecule has 6 nitrogen and oxygen atoms in total. The van der Waals surface area contributed by atoms with Crippen LogP contribution in [0, 0.1) is 23.2 Å². The lowest BCUT2D eigenvalue weighted by Gasteiger charge is -2.33. The van der Waals surface area contributed by atoms with Gasteiger partial charge in [-0.1, -0.05) is 0 Å². The summed E-state index contributed by atoms with van der Waals surface area (Å²) in [5, 5.41) is 21.2. The number of carbonyl (C=O) groups excluding carboxylic acids is 1. The Kier molecular flexibility index (Phi) is 6.40. The number of piperidine rings is 1. The van der Waals surface area contributed by atoms with Gasteiger partial charge in [-0.05, 0) is 64.6 Å². The van der Waals surface area contributed by atoms with E-state index in [0.717, 1.165) is 51.9 Å². The van der Waals surface area contributed by atoms with Crippen molar-refractivity contribution in [1.29, 1.82) is 5.26 Å². The number of hydrogen-bond acceptors (Lipinski definition) is 5. The molecule has 2 N–H and O–H groups in total. The van der Waals surface area contributed by atoms with Gasteiger partial charge in [0.05, 0.1) is 19.2 Å². The third-order valence-corrected chi connectivity index (χ3v) is 5.13. The van der Waals surface area contributed by atoms with Gasteiger partial charge in [0, 0.05) is 13.1 Å². The van der Waals surface area contributed by atoms with Crippen LogP contribution in [-0.2, 0) is 4.79 Å². The average Bonchev–Trinajstić information content (AvgIpc) is 3.34. The molecule has 0 bridgehead atoms. The van der Waals surface area contributed by atoms with Gasteiger partial charge < -0.3 is 15.3 Å². The van der Waals surface area contributed by atoms with Gasteiger partial charge in [-0.25, -0.2) is 0 Å². The van der Waals surface area contributed by atoms with Crippen molar-refractivity contribution in [1.82, 2.24) is 15.1 Å². The molecule has 1 aliphatic carbocycles. The molecule has 1 saturated carbocycles. The summed E-state index contributed by atoms with van der Waals surface area (Å²) in [5.74, 6) is 0.868. The zero-order valence-electron chi connectivity index (χ0n) is 14.4. The topological polar surface area (TPSA) is 79.6 Å². The summed E-state index contributed by atoms with van der Waals surface area (Å²) in [7, 11) is 1.97. The van der Waals surface area contributed by atoms with E-state index in [-0.39, 0.29) is 12.5 Å². The average molecular weight is 322 g/mol. The van der Waals surface area contributed by atoms with Crippen LogP contribution >= 0.6 is 0 Å². The number of β-amino-alcohol motifs (C(OH)–C–C–N with tert-alkyl or cyclic N) is 1. The predicted molar refractivity (Wildman–Crippen MR) is 88.6 cm³/mol. The fraction of sp³-hybridized carbons (Fsp3) is 0.882. The summed E-state index contributed by atoms with van der Waals surface area (Å²) in [6.45, 7) is 6.13. The number of amides is 1. The Morgan fingerprint density at radius 1 is 1.39 bits per heavy atom. The molecule has 0 unspecified atom stereocenters. The van der Waals surface area contributed by atoms with Crippen molar-refractivity contribution in [2.24, 2.45) is 11.8 Å². The fourth-order valence-corrected chi connectivity index (χ4v) is 3.50. The summed E-state index contributed by atoms with van der Waals surface area (Å²) >= 11 is 0. The molecule has 1 amide bonds. The molecular formula is C17H30N4O2. The van der Waals surface area contributed by atoms with Gasteiger partial charge >= 0.3 is 0 Å². The summed E-state index contributed by atoms with van der Waals surface area (Å²) in [4.78, 5) is 16.6.